The first-order valence-corrected chi connectivity index (χ1v) is 8.88. The minimum Gasteiger partial charge on any atom is -0.481 e. The summed E-state index contributed by atoms with van der Waals surface area (Å²) in [5.41, 5.74) is 0.741. The van der Waals surface area contributed by atoms with Crippen LogP contribution in [0.1, 0.15) is 43.6 Å². The Kier molecular flexibility index (Phi) is 7.72. The first-order valence-electron chi connectivity index (χ1n) is 8.50. The van der Waals surface area contributed by atoms with E-state index in [1.165, 1.54) is 0 Å². The molecule has 26 heavy (non-hydrogen) atoms. The van der Waals surface area contributed by atoms with Crippen LogP contribution < -0.4 is 5.32 Å². The van der Waals surface area contributed by atoms with Gasteiger partial charge in [0.1, 0.15) is 0 Å². The van der Waals surface area contributed by atoms with Crippen LogP contribution in [-0.2, 0) is 19.1 Å². The lowest BCUT2D eigenvalue weighted by molar-refractivity contribution is -0.156. The smallest absolute Gasteiger partial charge is 0.410 e. The molecule has 2 rings (SSSR count). The molecule has 0 aliphatic heterocycles. The van der Waals surface area contributed by atoms with Crippen molar-refractivity contribution >= 4 is 29.6 Å². The predicted octanol–water partition coefficient (Wildman–Crippen LogP) is 3.32. The molecule has 1 atom stereocenters. The number of alkyl carbamates (subject to hydrolysis) is 1. The molecule has 2 N–H and O–H groups in total. The second-order valence-corrected chi connectivity index (χ2v) is 6.66. The number of amides is 1. The third-order valence-corrected chi connectivity index (χ3v) is 4.59. The van der Waals surface area contributed by atoms with Crippen LogP contribution in [-0.4, -0.2) is 36.5 Å². The zero-order valence-corrected chi connectivity index (χ0v) is 15.0. The number of carboxylic acids is 1. The van der Waals surface area contributed by atoms with Crippen molar-refractivity contribution in [3.63, 3.8) is 0 Å². The van der Waals surface area contributed by atoms with Crippen LogP contribution in [0.25, 0.3) is 0 Å². The average molecular weight is 384 g/mol. The van der Waals surface area contributed by atoms with Gasteiger partial charge in [0.15, 0.2) is 0 Å². The summed E-state index contributed by atoms with van der Waals surface area (Å²) in [7, 11) is 0. The number of aliphatic carboxylic acids is 1. The molecule has 1 aromatic rings. The third kappa shape index (κ3) is 6.55. The lowest BCUT2D eigenvalue weighted by Crippen LogP contribution is -2.31. The summed E-state index contributed by atoms with van der Waals surface area (Å²) in [6.45, 7) is -0.380. The van der Waals surface area contributed by atoms with Gasteiger partial charge in [0.05, 0.1) is 12.3 Å². The van der Waals surface area contributed by atoms with Gasteiger partial charge >= 0.3 is 18.0 Å². The number of ether oxygens (including phenoxy) is 2. The summed E-state index contributed by atoms with van der Waals surface area (Å²) in [5, 5.41) is 12.1. The van der Waals surface area contributed by atoms with Crippen LogP contribution in [0.4, 0.5) is 4.79 Å². The van der Waals surface area contributed by atoms with Gasteiger partial charge in [0, 0.05) is 17.5 Å². The number of hydrogen-bond donors (Lipinski definition) is 2. The molecule has 0 bridgehead atoms. The SMILES string of the molecule is O=C(O)C[C@@H](CNC(=O)OCOC(=O)C1CCCC1)c1ccc(Cl)cc1. The van der Waals surface area contributed by atoms with Crippen molar-refractivity contribution in [2.45, 2.75) is 38.0 Å². The number of rotatable bonds is 8. The first kappa shape index (κ1) is 20.0. The van der Waals surface area contributed by atoms with Gasteiger partial charge in [0.2, 0.25) is 6.79 Å². The molecule has 1 amide bonds. The van der Waals surface area contributed by atoms with Crippen LogP contribution >= 0.6 is 11.6 Å². The molecule has 0 unspecified atom stereocenters. The fraction of sp³-hybridized carbons (Fsp3) is 0.500. The summed E-state index contributed by atoms with van der Waals surface area (Å²) < 4.78 is 9.76. The third-order valence-electron chi connectivity index (χ3n) is 4.33. The summed E-state index contributed by atoms with van der Waals surface area (Å²) in [5.74, 6) is -1.87. The molecular formula is C18H22ClNO6. The van der Waals surface area contributed by atoms with E-state index in [2.05, 4.69) is 5.32 Å². The highest BCUT2D eigenvalue weighted by Gasteiger charge is 2.24. The van der Waals surface area contributed by atoms with Crippen LogP contribution in [0.2, 0.25) is 5.02 Å². The highest BCUT2D eigenvalue weighted by Crippen LogP contribution is 2.25. The van der Waals surface area contributed by atoms with Gasteiger partial charge in [-0.25, -0.2) is 4.79 Å². The van der Waals surface area contributed by atoms with Gasteiger partial charge in [-0.05, 0) is 30.5 Å². The number of nitrogens with one attached hydrogen (secondary N) is 1. The maximum atomic E-state index is 11.7. The topological polar surface area (TPSA) is 102 Å². The zero-order chi connectivity index (χ0) is 18.9. The molecule has 0 heterocycles. The summed E-state index contributed by atoms with van der Waals surface area (Å²) in [6.07, 6.45) is 2.71. The number of carbonyl (C=O) groups excluding carboxylic acids is 2. The van der Waals surface area contributed by atoms with E-state index in [4.69, 9.17) is 26.2 Å². The Morgan fingerprint density at radius 3 is 2.42 bits per heavy atom. The molecular weight excluding hydrogens is 362 g/mol. The molecule has 1 aliphatic rings. The molecule has 1 fully saturated rings. The number of benzene rings is 1. The lowest BCUT2D eigenvalue weighted by atomic mass is 9.96. The first-order chi connectivity index (χ1) is 12.5. The second kappa shape index (κ2) is 10.0. The van der Waals surface area contributed by atoms with Crippen molar-refractivity contribution in [2.75, 3.05) is 13.3 Å². The van der Waals surface area contributed by atoms with Crippen molar-refractivity contribution in [1.82, 2.24) is 5.32 Å². The maximum Gasteiger partial charge on any atom is 0.410 e. The van der Waals surface area contributed by atoms with E-state index >= 15 is 0 Å². The van der Waals surface area contributed by atoms with Gasteiger partial charge < -0.3 is 19.9 Å². The summed E-state index contributed by atoms with van der Waals surface area (Å²) in [4.78, 5) is 34.5. The lowest BCUT2D eigenvalue weighted by Gasteiger charge is -2.16. The van der Waals surface area contributed by atoms with E-state index in [1.807, 2.05) is 0 Å². The van der Waals surface area contributed by atoms with E-state index < -0.39 is 24.8 Å². The van der Waals surface area contributed by atoms with Gasteiger partial charge in [-0.3, -0.25) is 9.59 Å². The summed E-state index contributed by atoms with van der Waals surface area (Å²) in [6, 6.07) is 6.75. The van der Waals surface area contributed by atoms with Crippen LogP contribution in [0.3, 0.4) is 0 Å². The van der Waals surface area contributed by atoms with Gasteiger partial charge in [-0.15, -0.1) is 0 Å². The average Bonchev–Trinajstić information content (AvgIpc) is 3.13. The Morgan fingerprint density at radius 1 is 1.15 bits per heavy atom. The molecule has 1 saturated carbocycles. The Morgan fingerprint density at radius 2 is 1.81 bits per heavy atom. The fourth-order valence-electron chi connectivity index (χ4n) is 2.93. The Balaban J connectivity index is 1.76. The Hall–Kier alpha value is -2.28. The van der Waals surface area contributed by atoms with E-state index in [-0.39, 0.29) is 24.9 Å². The molecule has 0 radical (unpaired) electrons. The van der Waals surface area contributed by atoms with Crippen molar-refractivity contribution in [3.8, 4) is 0 Å². The van der Waals surface area contributed by atoms with Crippen LogP contribution in [0, 0.1) is 5.92 Å². The molecule has 0 spiro atoms. The summed E-state index contributed by atoms with van der Waals surface area (Å²) >= 11 is 5.83. The molecule has 1 aromatic carbocycles. The van der Waals surface area contributed by atoms with Crippen LogP contribution in [0.5, 0.6) is 0 Å². The van der Waals surface area contributed by atoms with Crippen molar-refractivity contribution in [3.05, 3.63) is 34.9 Å². The van der Waals surface area contributed by atoms with E-state index in [9.17, 15) is 14.4 Å². The van der Waals surface area contributed by atoms with E-state index in [0.29, 0.717) is 5.02 Å². The standard InChI is InChI=1S/C18H22ClNO6/c19-15-7-5-12(6-8-15)14(9-16(21)22)10-20-18(24)26-11-25-17(23)13-3-1-2-4-13/h5-8,13-14H,1-4,9-11H2,(H,20,24)(H,21,22)/t14-/m0/s1. The van der Waals surface area contributed by atoms with Crippen molar-refractivity contribution < 1.29 is 29.0 Å². The van der Waals surface area contributed by atoms with Gasteiger partial charge in [-0.2, -0.15) is 0 Å². The second-order valence-electron chi connectivity index (χ2n) is 6.22. The number of halogens is 1. The molecule has 0 saturated heterocycles. The Bertz CT molecular complexity index is 627. The van der Waals surface area contributed by atoms with E-state index in [1.54, 1.807) is 24.3 Å². The minimum atomic E-state index is -0.981. The largest absolute Gasteiger partial charge is 0.481 e. The monoisotopic (exact) mass is 383 g/mol. The normalized spacial score (nSPS) is 15.3. The molecule has 8 heteroatoms. The molecule has 7 nitrogen and oxygen atoms in total. The quantitative estimate of drug-likeness (QED) is 0.527. The number of esters is 1. The van der Waals surface area contributed by atoms with E-state index in [0.717, 1.165) is 31.2 Å². The van der Waals surface area contributed by atoms with Crippen molar-refractivity contribution in [1.29, 1.82) is 0 Å². The van der Waals surface area contributed by atoms with Crippen molar-refractivity contribution in [2.24, 2.45) is 5.92 Å². The van der Waals surface area contributed by atoms with Crippen LogP contribution in [0.15, 0.2) is 24.3 Å². The van der Waals surface area contributed by atoms with Gasteiger partial charge in [0.25, 0.3) is 0 Å². The molecule has 1 aliphatic carbocycles. The Labute approximate surface area is 156 Å². The number of hydrogen-bond acceptors (Lipinski definition) is 5. The highest BCUT2D eigenvalue weighted by molar-refractivity contribution is 6.30. The minimum absolute atomic E-state index is 0.0728. The molecule has 142 valence electrons. The maximum absolute atomic E-state index is 11.7. The molecule has 0 aromatic heterocycles. The number of carboxylic acid groups (broad SMARTS) is 1. The van der Waals surface area contributed by atoms with Gasteiger partial charge in [-0.1, -0.05) is 36.6 Å². The zero-order valence-electron chi connectivity index (χ0n) is 14.3. The number of carbonyl (C=O) groups is 3. The predicted molar refractivity (Wildman–Crippen MR) is 93.8 cm³/mol. The highest BCUT2D eigenvalue weighted by atomic mass is 35.5. The fourth-order valence-corrected chi connectivity index (χ4v) is 3.06.